The van der Waals surface area contributed by atoms with Gasteiger partial charge < -0.3 is 9.42 Å². The van der Waals surface area contributed by atoms with Crippen LogP contribution < -0.4 is 0 Å². The van der Waals surface area contributed by atoms with Crippen molar-refractivity contribution in [3.63, 3.8) is 0 Å². The third-order valence-corrected chi connectivity index (χ3v) is 5.60. The Morgan fingerprint density at radius 2 is 1.90 bits per heavy atom. The SMILES string of the molecule is Cc1cc(C)n(CC(=O)N2CCC(c3cc(C(F)(F)F)c4c(C)noc4n3)CC2)n1. The van der Waals surface area contributed by atoms with E-state index < -0.39 is 11.7 Å². The van der Waals surface area contributed by atoms with Crippen LogP contribution in [0.25, 0.3) is 11.1 Å². The van der Waals surface area contributed by atoms with Gasteiger partial charge in [-0.05, 0) is 45.7 Å². The van der Waals surface area contributed by atoms with Crippen LogP contribution in [-0.2, 0) is 17.5 Å². The highest BCUT2D eigenvalue weighted by Gasteiger charge is 2.37. The molecule has 0 unspecified atom stereocenters. The Bertz CT molecular complexity index is 1090. The molecule has 3 aromatic rings. The third kappa shape index (κ3) is 3.78. The van der Waals surface area contributed by atoms with Crippen LogP contribution in [0.1, 0.15) is 47.1 Å². The predicted molar refractivity (Wildman–Crippen MR) is 102 cm³/mol. The Kier molecular flexibility index (Phi) is 5.03. The van der Waals surface area contributed by atoms with Crippen molar-refractivity contribution >= 4 is 17.0 Å². The van der Waals surface area contributed by atoms with Crippen LogP contribution in [0, 0.1) is 20.8 Å². The number of hydrogen-bond donors (Lipinski definition) is 0. The second-order valence-corrected chi connectivity index (χ2v) is 7.78. The maximum Gasteiger partial charge on any atom is 0.417 e. The fourth-order valence-electron chi connectivity index (χ4n) is 4.03. The number of likely N-dealkylation sites (tertiary alicyclic amines) is 1. The molecule has 3 aromatic heterocycles. The molecule has 0 saturated carbocycles. The van der Waals surface area contributed by atoms with Crippen LogP contribution >= 0.6 is 0 Å². The molecule has 0 N–H and O–H groups in total. The van der Waals surface area contributed by atoms with Crippen LogP contribution in [0.3, 0.4) is 0 Å². The van der Waals surface area contributed by atoms with Crippen LogP contribution in [0.5, 0.6) is 0 Å². The Labute approximate surface area is 170 Å². The first kappa shape index (κ1) is 20.4. The van der Waals surface area contributed by atoms with Crippen LogP contribution in [0.4, 0.5) is 13.2 Å². The molecule has 1 aliphatic rings. The second-order valence-electron chi connectivity index (χ2n) is 7.78. The van der Waals surface area contributed by atoms with E-state index in [0.29, 0.717) is 31.6 Å². The van der Waals surface area contributed by atoms with E-state index in [0.717, 1.165) is 17.5 Å². The normalized spacial score (nSPS) is 15.9. The quantitative estimate of drug-likeness (QED) is 0.644. The average Bonchev–Trinajstić information content (AvgIpc) is 3.21. The lowest BCUT2D eigenvalue weighted by Crippen LogP contribution is -2.40. The topological polar surface area (TPSA) is 77.0 Å². The lowest BCUT2D eigenvalue weighted by Gasteiger charge is -2.32. The summed E-state index contributed by atoms with van der Waals surface area (Å²) in [4.78, 5) is 18.6. The van der Waals surface area contributed by atoms with Gasteiger partial charge in [0.25, 0.3) is 5.71 Å². The number of amides is 1. The highest BCUT2D eigenvalue weighted by Crippen LogP contribution is 2.38. The molecular formula is C20H22F3N5O2. The van der Waals surface area contributed by atoms with Crippen molar-refractivity contribution in [2.75, 3.05) is 13.1 Å². The van der Waals surface area contributed by atoms with Crippen LogP contribution in [-0.4, -0.2) is 43.8 Å². The molecule has 4 heterocycles. The Hall–Kier alpha value is -2.91. The van der Waals surface area contributed by atoms with E-state index in [1.807, 2.05) is 19.9 Å². The summed E-state index contributed by atoms with van der Waals surface area (Å²) in [7, 11) is 0. The van der Waals surface area contributed by atoms with Crippen LogP contribution in [0.2, 0.25) is 0 Å². The third-order valence-electron chi connectivity index (χ3n) is 5.60. The minimum absolute atomic E-state index is 0.0510. The van der Waals surface area contributed by atoms with Gasteiger partial charge in [-0.25, -0.2) is 4.98 Å². The summed E-state index contributed by atoms with van der Waals surface area (Å²) in [5, 5.41) is 7.86. The first-order valence-electron chi connectivity index (χ1n) is 9.76. The highest BCUT2D eigenvalue weighted by molar-refractivity contribution is 5.81. The molecule has 0 aromatic carbocycles. The number of rotatable bonds is 3. The molecule has 0 spiro atoms. The standard InChI is InChI=1S/C20H22F3N5O2/c1-11-8-12(2)28(25-11)10-17(29)27-6-4-14(5-7-27)16-9-15(20(21,22)23)18-13(3)26-30-19(18)24-16/h8-9,14H,4-7,10H2,1-3H3. The van der Waals surface area contributed by atoms with Gasteiger partial charge in [0.1, 0.15) is 6.54 Å². The number of halogens is 3. The number of pyridine rings is 1. The van der Waals surface area contributed by atoms with E-state index >= 15 is 0 Å². The van der Waals surface area contributed by atoms with Gasteiger partial charge in [0.05, 0.1) is 22.3 Å². The van der Waals surface area contributed by atoms with E-state index in [2.05, 4.69) is 15.2 Å². The Balaban J connectivity index is 1.49. The summed E-state index contributed by atoms with van der Waals surface area (Å²) in [6.07, 6.45) is -3.46. The van der Waals surface area contributed by atoms with Crippen molar-refractivity contribution in [3.05, 3.63) is 40.5 Å². The molecule has 0 radical (unpaired) electrons. The van der Waals surface area contributed by atoms with Crippen molar-refractivity contribution in [2.24, 2.45) is 0 Å². The maximum atomic E-state index is 13.6. The Morgan fingerprint density at radius 3 is 2.50 bits per heavy atom. The molecule has 1 saturated heterocycles. The van der Waals surface area contributed by atoms with Crippen molar-refractivity contribution in [1.82, 2.24) is 24.8 Å². The van der Waals surface area contributed by atoms with Crippen molar-refractivity contribution in [2.45, 2.75) is 52.3 Å². The fraction of sp³-hybridized carbons (Fsp3) is 0.500. The lowest BCUT2D eigenvalue weighted by molar-refractivity contribution is -0.136. The summed E-state index contributed by atoms with van der Waals surface area (Å²) in [6, 6.07) is 3.01. The summed E-state index contributed by atoms with van der Waals surface area (Å²) in [5.74, 6) is -0.233. The van der Waals surface area contributed by atoms with Gasteiger partial charge in [0.2, 0.25) is 5.91 Å². The Morgan fingerprint density at radius 1 is 1.20 bits per heavy atom. The van der Waals surface area contributed by atoms with Gasteiger partial charge in [0, 0.05) is 30.4 Å². The van der Waals surface area contributed by atoms with E-state index in [1.165, 1.54) is 6.92 Å². The molecule has 160 valence electrons. The van der Waals surface area contributed by atoms with Gasteiger partial charge in [-0.1, -0.05) is 5.16 Å². The first-order valence-corrected chi connectivity index (χ1v) is 9.76. The number of carbonyl (C=O) groups is 1. The first-order chi connectivity index (χ1) is 14.1. The average molecular weight is 421 g/mol. The number of alkyl halides is 3. The van der Waals surface area contributed by atoms with Gasteiger partial charge >= 0.3 is 6.18 Å². The van der Waals surface area contributed by atoms with Crippen molar-refractivity contribution in [3.8, 4) is 0 Å². The molecule has 0 bridgehead atoms. The zero-order chi connectivity index (χ0) is 21.6. The maximum absolute atomic E-state index is 13.6. The molecule has 30 heavy (non-hydrogen) atoms. The van der Waals surface area contributed by atoms with Gasteiger partial charge in [-0.2, -0.15) is 18.3 Å². The minimum atomic E-state index is -4.53. The molecule has 0 atom stereocenters. The lowest BCUT2D eigenvalue weighted by atomic mass is 9.91. The van der Waals surface area contributed by atoms with E-state index in [4.69, 9.17) is 4.52 Å². The van der Waals surface area contributed by atoms with Crippen LogP contribution in [0.15, 0.2) is 16.7 Å². The minimum Gasteiger partial charge on any atom is -0.341 e. The number of carbonyl (C=O) groups excluding carboxylic acids is 1. The number of piperidine rings is 1. The number of aryl methyl sites for hydroxylation is 3. The molecule has 7 nitrogen and oxygen atoms in total. The monoisotopic (exact) mass is 421 g/mol. The summed E-state index contributed by atoms with van der Waals surface area (Å²) < 4.78 is 47.4. The highest BCUT2D eigenvalue weighted by atomic mass is 19.4. The molecule has 1 amide bonds. The molecule has 0 aliphatic carbocycles. The zero-order valence-corrected chi connectivity index (χ0v) is 17.0. The molecule has 4 rings (SSSR count). The molecule has 1 aliphatic heterocycles. The summed E-state index contributed by atoms with van der Waals surface area (Å²) in [5.41, 5.74) is 1.39. The smallest absolute Gasteiger partial charge is 0.341 e. The fourth-order valence-corrected chi connectivity index (χ4v) is 4.03. The number of nitrogens with zero attached hydrogens (tertiary/aromatic N) is 5. The van der Waals surface area contributed by atoms with Crippen molar-refractivity contribution < 1.29 is 22.5 Å². The zero-order valence-electron chi connectivity index (χ0n) is 17.0. The largest absolute Gasteiger partial charge is 0.417 e. The molecule has 1 fully saturated rings. The van der Waals surface area contributed by atoms with E-state index in [9.17, 15) is 18.0 Å². The van der Waals surface area contributed by atoms with E-state index in [1.54, 1.807) is 9.58 Å². The summed E-state index contributed by atoms with van der Waals surface area (Å²) >= 11 is 0. The number of aromatic nitrogens is 4. The molecule has 10 heteroatoms. The number of fused-ring (bicyclic) bond motifs is 1. The van der Waals surface area contributed by atoms with Gasteiger partial charge in [-0.3, -0.25) is 9.48 Å². The molecular weight excluding hydrogens is 399 g/mol. The van der Waals surface area contributed by atoms with Gasteiger partial charge in [-0.15, -0.1) is 0 Å². The number of hydrogen-bond acceptors (Lipinski definition) is 5. The van der Waals surface area contributed by atoms with E-state index in [-0.39, 0.29) is 35.2 Å². The second kappa shape index (κ2) is 7.41. The summed E-state index contributed by atoms with van der Waals surface area (Å²) in [6.45, 7) is 6.30. The van der Waals surface area contributed by atoms with Gasteiger partial charge in [0.15, 0.2) is 0 Å². The van der Waals surface area contributed by atoms with Crippen molar-refractivity contribution in [1.29, 1.82) is 0 Å². The predicted octanol–water partition coefficient (Wildman–Crippen LogP) is 3.77.